The molecule has 100 valence electrons. The van der Waals surface area contributed by atoms with Gasteiger partial charge in [0.15, 0.2) is 0 Å². The molecule has 0 bridgehead atoms. The zero-order valence-corrected chi connectivity index (χ0v) is 11.4. The topological polar surface area (TPSA) is 43.8 Å². The summed E-state index contributed by atoms with van der Waals surface area (Å²) >= 11 is 0. The first-order chi connectivity index (χ1) is 9.28. The average Bonchev–Trinajstić information content (AvgIpc) is 3.04. The van der Waals surface area contributed by atoms with Crippen LogP contribution in [-0.4, -0.2) is 9.78 Å². The molecule has 3 nitrogen and oxygen atoms in total. The summed E-state index contributed by atoms with van der Waals surface area (Å²) in [4.78, 5) is 0. The molecule has 0 spiro atoms. The zero-order valence-electron chi connectivity index (χ0n) is 11.4. The van der Waals surface area contributed by atoms with Crippen molar-refractivity contribution in [2.75, 3.05) is 0 Å². The normalized spacial score (nSPS) is 16.5. The lowest BCUT2D eigenvalue weighted by atomic mass is 9.93. The van der Waals surface area contributed by atoms with Crippen LogP contribution in [-0.2, 0) is 19.4 Å². The lowest BCUT2D eigenvalue weighted by Gasteiger charge is -2.17. The first-order valence-corrected chi connectivity index (χ1v) is 7.12. The minimum absolute atomic E-state index is 0.0954. The molecule has 2 aromatic rings. The van der Waals surface area contributed by atoms with E-state index in [9.17, 15) is 0 Å². The monoisotopic (exact) mass is 255 g/mol. The van der Waals surface area contributed by atoms with Crippen LogP contribution in [0.15, 0.2) is 36.7 Å². The van der Waals surface area contributed by atoms with Gasteiger partial charge in [-0.15, -0.1) is 0 Å². The van der Waals surface area contributed by atoms with Crippen molar-refractivity contribution in [1.29, 1.82) is 0 Å². The Morgan fingerprint density at radius 1 is 1.32 bits per heavy atom. The molecule has 0 saturated carbocycles. The van der Waals surface area contributed by atoms with Crippen molar-refractivity contribution in [3.63, 3.8) is 0 Å². The Bertz CT molecular complexity index is 534. The van der Waals surface area contributed by atoms with Gasteiger partial charge >= 0.3 is 0 Å². The Hall–Kier alpha value is -1.61. The number of nitrogens with zero attached hydrogens (tertiary/aromatic N) is 2. The molecule has 1 atom stereocenters. The highest BCUT2D eigenvalue weighted by Crippen LogP contribution is 2.33. The SMILES string of the molecule is CCCn1cc(C(N)C2Cc3ccccc3C2)cn1. The molecule has 19 heavy (non-hydrogen) atoms. The summed E-state index contributed by atoms with van der Waals surface area (Å²) in [5.74, 6) is 0.511. The lowest BCUT2D eigenvalue weighted by molar-refractivity contribution is 0.453. The average molecular weight is 255 g/mol. The third-order valence-electron chi connectivity index (χ3n) is 4.08. The third kappa shape index (κ3) is 2.43. The van der Waals surface area contributed by atoms with Crippen LogP contribution < -0.4 is 5.73 Å². The maximum absolute atomic E-state index is 6.44. The van der Waals surface area contributed by atoms with Crippen LogP contribution in [0.1, 0.15) is 36.1 Å². The largest absolute Gasteiger partial charge is 0.324 e. The summed E-state index contributed by atoms with van der Waals surface area (Å²) in [5, 5.41) is 4.38. The number of rotatable bonds is 4. The molecule has 1 heterocycles. The van der Waals surface area contributed by atoms with E-state index in [1.165, 1.54) is 16.7 Å². The van der Waals surface area contributed by atoms with E-state index in [0.29, 0.717) is 5.92 Å². The molecular weight excluding hydrogens is 234 g/mol. The molecular formula is C16H21N3. The minimum Gasteiger partial charge on any atom is -0.324 e. The summed E-state index contributed by atoms with van der Waals surface area (Å²) in [7, 11) is 0. The zero-order chi connectivity index (χ0) is 13.2. The van der Waals surface area contributed by atoms with E-state index in [1.807, 2.05) is 10.9 Å². The predicted octanol–water partition coefficient (Wildman–Crippen LogP) is 2.71. The predicted molar refractivity (Wildman–Crippen MR) is 76.8 cm³/mol. The Balaban J connectivity index is 1.73. The van der Waals surface area contributed by atoms with Crippen LogP contribution in [0.4, 0.5) is 0 Å². The van der Waals surface area contributed by atoms with Crippen molar-refractivity contribution in [1.82, 2.24) is 9.78 Å². The number of aryl methyl sites for hydroxylation is 1. The number of nitrogens with two attached hydrogens (primary N) is 1. The Kier molecular flexibility index (Phi) is 3.38. The highest BCUT2D eigenvalue weighted by molar-refractivity contribution is 5.33. The second-order valence-corrected chi connectivity index (χ2v) is 5.50. The van der Waals surface area contributed by atoms with Crippen LogP contribution in [0.3, 0.4) is 0 Å². The Morgan fingerprint density at radius 2 is 2.00 bits per heavy atom. The van der Waals surface area contributed by atoms with Gasteiger partial charge in [-0.2, -0.15) is 5.10 Å². The fourth-order valence-corrected chi connectivity index (χ4v) is 3.02. The first-order valence-electron chi connectivity index (χ1n) is 7.12. The molecule has 2 N–H and O–H groups in total. The minimum atomic E-state index is 0.0954. The van der Waals surface area contributed by atoms with Crippen LogP contribution in [0, 0.1) is 5.92 Å². The molecule has 0 fully saturated rings. The van der Waals surface area contributed by atoms with E-state index in [0.717, 1.165) is 25.8 Å². The molecule has 1 aliphatic carbocycles. The van der Waals surface area contributed by atoms with Gasteiger partial charge in [-0.1, -0.05) is 31.2 Å². The van der Waals surface area contributed by atoms with Crippen molar-refractivity contribution < 1.29 is 0 Å². The van der Waals surface area contributed by atoms with Gasteiger partial charge in [-0.25, -0.2) is 0 Å². The fraction of sp³-hybridized carbons (Fsp3) is 0.438. The summed E-state index contributed by atoms with van der Waals surface area (Å²) < 4.78 is 2.00. The maximum Gasteiger partial charge on any atom is 0.0537 e. The number of benzene rings is 1. The third-order valence-corrected chi connectivity index (χ3v) is 4.08. The van der Waals surface area contributed by atoms with Gasteiger partial charge in [-0.3, -0.25) is 4.68 Å². The summed E-state index contributed by atoms with van der Waals surface area (Å²) in [5.41, 5.74) is 10.5. The van der Waals surface area contributed by atoms with Gasteiger partial charge in [-0.05, 0) is 36.3 Å². The molecule has 1 aliphatic rings. The molecule has 3 rings (SSSR count). The number of fused-ring (bicyclic) bond motifs is 1. The van der Waals surface area contributed by atoms with Crippen LogP contribution >= 0.6 is 0 Å². The van der Waals surface area contributed by atoms with Gasteiger partial charge in [0.1, 0.15) is 0 Å². The smallest absolute Gasteiger partial charge is 0.0537 e. The summed E-state index contributed by atoms with van der Waals surface area (Å²) in [6.07, 6.45) is 7.33. The van der Waals surface area contributed by atoms with E-state index < -0.39 is 0 Å². The molecule has 0 radical (unpaired) electrons. The molecule has 0 aliphatic heterocycles. The van der Waals surface area contributed by atoms with Gasteiger partial charge in [0.25, 0.3) is 0 Å². The van der Waals surface area contributed by atoms with Gasteiger partial charge < -0.3 is 5.73 Å². The number of hydrogen-bond donors (Lipinski definition) is 1. The van der Waals surface area contributed by atoms with Crippen molar-refractivity contribution >= 4 is 0 Å². The molecule has 0 amide bonds. The van der Waals surface area contributed by atoms with Crippen LogP contribution in [0.5, 0.6) is 0 Å². The standard InChI is InChI=1S/C16H21N3/c1-2-7-19-11-15(10-18-19)16(17)14-8-12-5-3-4-6-13(12)9-14/h3-6,10-11,14,16H,2,7-9,17H2,1H3. The number of hydrogen-bond acceptors (Lipinski definition) is 2. The molecule has 1 unspecified atom stereocenters. The van der Waals surface area contributed by atoms with E-state index in [4.69, 9.17) is 5.73 Å². The van der Waals surface area contributed by atoms with Gasteiger partial charge in [0.2, 0.25) is 0 Å². The van der Waals surface area contributed by atoms with Gasteiger partial charge in [0, 0.05) is 24.3 Å². The van der Waals surface area contributed by atoms with Crippen molar-refractivity contribution in [2.45, 2.75) is 38.8 Å². The Morgan fingerprint density at radius 3 is 2.63 bits per heavy atom. The van der Waals surface area contributed by atoms with E-state index in [2.05, 4.69) is 42.5 Å². The number of aromatic nitrogens is 2. The highest BCUT2D eigenvalue weighted by Gasteiger charge is 2.27. The van der Waals surface area contributed by atoms with E-state index in [1.54, 1.807) is 0 Å². The van der Waals surface area contributed by atoms with Crippen molar-refractivity contribution in [3.05, 3.63) is 53.3 Å². The maximum atomic E-state index is 6.44. The molecule has 1 aromatic heterocycles. The van der Waals surface area contributed by atoms with Crippen molar-refractivity contribution in [3.8, 4) is 0 Å². The summed E-state index contributed by atoms with van der Waals surface area (Å²) in [6.45, 7) is 3.13. The first kappa shape index (κ1) is 12.4. The van der Waals surface area contributed by atoms with E-state index >= 15 is 0 Å². The quantitative estimate of drug-likeness (QED) is 0.913. The second-order valence-electron chi connectivity index (χ2n) is 5.50. The van der Waals surface area contributed by atoms with Gasteiger partial charge in [0.05, 0.1) is 6.20 Å². The molecule has 1 aromatic carbocycles. The lowest BCUT2D eigenvalue weighted by Crippen LogP contribution is -2.21. The Labute approximate surface area is 114 Å². The fourth-order valence-electron chi connectivity index (χ4n) is 3.02. The second kappa shape index (κ2) is 5.17. The van der Waals surface area contributed by atoms with E-state index in [-0.39, 0.29) is 6.04 Å². The molecule has 0 saturated heterocycles. The summed E-state index contributed by atoms with van der Waals surface area (Å²) in [6, 6.07) is 8.78. The van der Waals surface area contributed by atoms with Crippen LogP contribution in [0.2, 0.25) is 0 Å². The highest BCUT2D eigenvalue weighted by atomic mass is 15.3. The van der Waals surface area contributed by atoms with Crippen LogP contribution in [0.25, 0.3) is 0 Å². The molecule has 3 heteroatoms. The van der Waals surface area contributed by atoms with Crippen molar-refractivity contribution in [2.24, 2.45) is 11.7 Å².